The topological polar surface area (TPSA) is 45.7 Å². The summed E-state index contributed by atoms with van der Waals surface area (Å²) in [6.07, 6.45) is 0.852. The molecule has 1 aliphatic carbocycles. The monoisotopic (exact) mass is 389 g/mol. The lowest BCUT2D eigenvalue weighted by molar-refractivity contribution is -0.138. The zero-order valence-electron chi connectivity index (χ0n) is 15.8. The third-order valence-electron chi connectivity index (χ3n) is 5.18. The van der Waals surface area contributed by atoms with Crippen LogP contribution < -0.4 is 10.6 Å². The predicted octanol–water partition coefficient (Wildman–Crippen LogP) is 4.11. The number of guanidine groups is 1. The largest absolute Gasteiger partial charge is 0.416 e. The van der Waals surface area contributed by atoms with Gasteiger partial charge >= 0.3 is 6.18 Å². The van der Waals surface area contributed by atoms with Crippen LogP contribution >= 0.6 is 0 Å². The molecule has 152 valence electrons. The summed E-state index contributed by atoms with van der Waals surface area (Å²) in [5.74, 6) is -0.481. The van der Waals surface area contributed by atoms with Gasteiger partial charge in [0.1, 0.15) is 5.82 Å². The molecule has 0 aromatic heterocycles. The maximum Gasteiger partial charge on any atom is 0.416 e. The second kappa shape index (κ2) is 9.39. The molecule has 27 heavy (non-hydrogen) atoms. The zero-order chi connectivity index (χ0) is 19.9. The Kier molecular flexibility index (Phi) is 7.47. The molecule has 0 spiro atoms. The fourth-order valence-corrected chi connectivity index (χ4v) is 3.60. The molecule has 1 fully saturated rings. The van der Waals surface area contributed by atoms with Crippen molar-refractivity contribution in [2.45, 2.75) is 44.8 Å². The van der Waals surface area contributed by atoms with E-state index in [0.717, 1.165) is 31.4 Å². The van der Waals surface area contributed by atoms with Gasteiger partial charge < -0.3 is 15.4 Å². The van der Waals surface area contributed by atoms with Crippen molar-refractivity contribution in [1.82, 2.24) is 10.6 Å². The molecule has 2 rings (SSSR count). The second-order valence-corrected chi connectivity index (χ2v) is 7.03. The minimum absolute atomic E-state index is 0.0261. The van der Waals surface area contributed by atoms with E-state index in [1.807, 2.05) is 0 Å². The predicted molar refractivity (Wildman–Crippen MR) is 97.0 cm³/mol. The number of methoxy groups -OCH3 is 1. The van der Waals surface area contributed by atoms with E-state index in [1.165, 1.54) is 12.8 Å². The minimum atomic E-state index is -4.61. The number of rotatable bonds is 7. The van der Waals surface area contributed by atoms with Gasteiger partial charge in [-0.25, -0.2) is 4.39 Å². The van der Waals surface area contributed by atoms with Gasteiger partial charge in [-0.15, -0.1) is 0 Å². The molecule has 0 saturated heterocycles. The van der Waals surface area contributed by atoms with Crippen molar-refractivity contribution < 1.29 is 22.3 Å². The maximum absolute atomic E-state index is 13.2. The fraction of sp³-hybridized carbons (Fsp3) is 0.632. The summed E-state index contributed by atoms with van der Waals surface area (Å²) in [6.45, 7) is 1.27. The molecule has 1 aromatic carbocycles. The summed E-state index contributed by atoms with van der Waals surface area (Å²) in [7, 11) is 3.25. The van der Waals surface area contributed by atoms with Crippen LogP contribution in [0.2, 0.25) is 0 Å². The number of nitrogens with zero attached hydrogens (tertiary/aromatic N) is 1. The van der Waals surface area contributed by atoms with Crippen LogP contribution in [0.1, 0.15) is 43.2 Å². The smallest absolute Gasteiger partial charge is 0.385 e. The van der Waals surface area contributed by atoms with Crippen molar-refractivity contribution in [2.24, 2.45) is 10.4 Å². The Bertz CT molecular complexity index is 640. The number of alkyl halides is 3. The lowest BCUT2D eigenvalue weighted by Gasteiger charge is -2.30. The Hall–Kier alpha value is -1.83. The standard InChI is InChI=1S/C19H27F4N3O/c1-24-17(26-13-18(9-10-27-2)7-3-4-8-18)25-12-14-5-6-15(20)11-16(14)19(21,22)23/h5-6,11H,3-4,7-10,12-13H2,1-2H3,(H2,24,25,26). The van der Waals surface area contributed by atoms with Gasteiger partial charge in [0.15, 0.2) is 5.96 Å². The Balaban J connectivity index is 1.98. The molecule has 0 radical (unpaired) electrons. The SMILES string of the molecule is CN=C(NCc1ccc(F)cc1C(F)(F)F)NCC1(CCOC)CCCC1. The van der Waals surface area contributed by atoms with Gasteiger partial charge in [-0.3, -0.25) is 4.99 Å². The summed E-state index contributed by atoms with van der Waals surface area (Å²) >= 11 is 0. The Morgan fingerprint density at radius 1 is 1.22 bits per heavy atom. The molecule has 0 atom stereocenters. The Morgan fingerprint density at radius 2 is 1.93 bits per heavy atom. The molecule has 1 aliphatic rings. The number of hydrogen-bond donors (Lipinski definition) is 2. The summed E-state index contributed by atoms with van der Waals surface area (Å²) in [5, 5.41) is 6.13. The first kappa shape index (κ1) is 21.5. The summed E-state index contributed by atoms with van der Waals surface area (Å²) < 4.78 is 57.7. The van der Waals surface area contributed by atoms with Gasteiger partial charge in [0.2, 0.25) is 0 Å². The van der Waals surface area contributed by atoms with Crippen LogP contribution in [0.25, 0.3) is 0 Å². The highest BCUT2D eigenvalue weighted by Gasteiger charge is 2.34. The van der Waals surface area contributed by atoms with Crippen molar-refractivity contribution in [1.29, 1.82) is 0 Å². The molecular formula is C19H27F4N3O. The molecule has 0 amide bonds. The molecule has 0 unspecified atom stereocenters. The highest BCUT2D eigenvalue weighted by molar-refractivity contribution is 5.79. The quantitative estimate of drug-likeness (QED) is 0.419. The average molecular weight is 389 g/mol. The maximum atomic E-state index is 13.2. The lowest BCUT2D eigenvalue weighted by atomic mass is 9.83. The number of nitrogens with one attached hydrogen (secondary N) is 2. The highest BCUT2D eigenvalue weighted by Crippen LogP contribution is 2.40. The molecule has 4 nitrogen and oxygen atoms in total. The van der Waals surface area contributed by atoms with Crippen molar-refractivity contribution >= 4 is 5.96 Å². The van der Waals surface area contributed by atoms with E-state index >= 15 is 0 Å². The number of benzene rings is 1. The van der Waals surface area contributed by atoms with Crippen molar-refractivity contribution in [2.75, 3.05) is 27.3 Å². The normalized spacial score (nSPS) is 17.2. The van der Waals surface area contributed by atoms with Gasteiger partial charge in [0.05, 0.1) is 5.56 Å². The number of ether oxygens (including phenoxy) is 1. The summed E-state index contributed by atoms with van der Waals surface area (Å²) in [5.41, 5.74) is -0.875. The first-order valence-corrected chi connectivity index (χ1v) is 9.09. The number of halogens is 4. The molecule has 1 aromatic rings. The third kappa shape index (κ3) is 6.09. The Morgan fingerprint density at radius 3 is 2.52 bits per heavy atom. The van der Waals surface area contributed by atoms with Crippen LogP contribution in [-0.2, 0) is 17.5 Å². The average Bonchev–Trinajstić information content (AvgIpc) is 3.09. The summed E-state index contributed by atoms with van der Waals surface area (Å²) in [6, 6.07) is 2.70. The number of aliphatic imine (C=N–C) groups is 1. The van der Waals surface area contributed by atoms with Crippen molar-refractivity contribution in [3.05, 3.63) is 35.1 Å². The van der Waals surface area contributed by atoms with Crippen LogP contribution in [0.5, 0.6) is 0 Å². The van der Waals surface area contributed by atoms with Crippen LogP contribution in [0, 0.1) is 11.2 Å². The van der Waals surface area contributed by atoms with E-state index in [2.05, 4.69) is 15.6 Å². The van der Waals surface area contributed by atoms with Crippen LogP contribution in [0.4, 0.5) is 17.6 Å². The van der Waals surface area contributed by atoms with E-state index in [1.54, 1.807) is 14.2 Å². The molecule has 0 aliphatic heterocycles. The van der Waals surface area contributed by atoms with Gasteiger partial charge in [-0.05, 0) is 42.4 Å². The number of hydrogen-bond acceptors (Lipinski definition) is 2. The van der Waals surface area contributed by atoms with Crippen LogP contribution in [0.15, 0.2) is 23.2 Å². The van der Waals surface area contributed by atoms with Crippen molar-refractivity contribution in [3.8, 4) is 0 Å². The molecule has 1 saturated carbocycles. The molecule has 0 heterocycles. The van der Waals surface area contributed by atoms with E-state index < -0.39 is 17.6 Å². The molecular weight excluding hydrogens is 362 g/mol. The van der Waals surface area contributed by atoms with Gasteiger partial charge in [0.25, 0.3) is 0 Å². The highest BCUT2D eigenvalue weighted by atomic mass is 19.4. The van der Waals surface area contributed by atoms with E-state index in [9.17, 15) is 17.6 Å². The van der Waals surface area contributed by atoms with Gasteiger partial charge in [-0.1, -0.05) is 18.9 Å². The van der Waals surface area contributed by atoms with E-state index in [-0.39, 0.29) is 17.5 Å². The van der Waals surface area contributed by atoms with Crippen LogP contribution in [0.3, 0.4) is 0 Å². The Labute approximate surface area is 157 Å². The fourth-order valence-electron chi connectivity index (χ4n) is 3.60. The molecule has 2 N–H and O–H groups in total. The summed E-state index contributed by atoms with van der Waals surface area (Å²) in [4.78, 5) is 4.09. The van der Waals surface area contributed by atoms with E-state index in [4.69, 9.17) is 4.74 Å². The third-order valence-corrected chi connectivity index (χ3v) is 5.18. The lowest BCUT2D eigenvalue weighted by Crippen LogP contribution is -2.43. The van der Waals surface area contributed by atoms with Gasteiger partial charge in [0, 0.05) is 33.9 Å². The van der Waals surface area contributed by atoms with Crippen LogP contribution in [-0.4, -0.2) is 33.3 Å². The molecule has 8 heteroatoms. The molecule has 0 bridgehead atoms. The zero-order valence-corrected chi connectivity index (χ0v) is 15.8. The van der Waals surface area contributed by atoms with Crippen molar-refractivity contribution in [3.63, 3.8) is 0 Å². The first-order valence-electron chi connectivity index (χ1n) is 9.09. The second-order valence-electron chi connectivity index (χ2n) is 7.03. The first-order chi connectivity index (χ1) is 12.8. The van der Waals surface area contributed by atoms with E-state index in [0.29, 0.717) is 25.2 Å². The minimum Gasteiger partial charge on any atom is -0.385 e. The van der Waals surface area contributed by atoms with Gasteiger partial charge in [-0.2, -0.15) is 13.2 Å².